The minimum atomic E-state index is 0.159. The van der Waals surface area contributed by atoms with Gasteiger partial charge >= 0.3 is 0 Å². The van der Waals surface area contributed by atoms with Crippen LogP contribution >= 0.6 is 0 Å². The lowest BCUT2D eigenvalue weighted by Gasteiger charge is -2.34. The number of ether oxygens (including phenoxy) is 2. The summed E-state index contributed by atoms with van der Waals surface area (Å²) in [6, 6.07) is 4.09. The van der Waals surface area contributed by atoms with E-state index in [4.69, 9.17) is 9.47 Å². The van der Waals surface area contributed by atoms with Gasteiger partial charge in [0.25, 0.3) is 0 Å². The molecule has 1 aromatic carbocycles. The molecule has 16 heavy (non-hydrogen) atoms. The zero-order valence-corrected chi connectivity index (χ0v) is 10.4. The molecule has 0 saturated heterocycles. The summed E-state index contributed by atoms with van der Waals surface area (Å²) in [6.45, 7) is 4.43. The zero-order valence-electron chi connectivity index (χ0n) is 10.4. The van der Waals surface area contributed by atoms with Crippen LogP contribution in [-0.2, 0) is 6.42 Å². The first-order valence-electron chi connectivity index (χ1n) is 5.59. The fraction of sp³-hybridized carbons (Fsp3) is 0.538. The second-order valence-corrected chi connectivity index (χ2v) is 4.87. The van der Waals surface area contributed by atoms with Crippen LogP contribution in [-0.4, -0.2) is 19.8 Å². The molecule has 0 unspecified atom stereocenters. The minimum Gasteiger partial charge on any atom is -0.493 e. The molecule has 0 radical (unpaired) electrons. The molecule has 88 valence electrons. The molecule has 1 aromatic rings. The van der Waals surface area contributed by atoms with E-state index in [1.165, 1.54) is 5.56 Å². The van der Waals surface area contributed by atoms with Gasteiger partial charge in [0, 0.05) is 17.3 Å². The average Bonchev–Trinajstić information content (AvgIpc) is 2.26. The fourth-order valence-electron chi connectivity index (χ4n) is 2.12. The van der Waals surface area contributed by atoms with Crippen molar-refractivity contribution < 1.29 is 9.47 Å². The van der Waals surface area contributed by atoms with Gasteiger partial charge in [-0.2, -0.15) is 0 Å². The first-order chi connectivity index (χ1) is 7.55. The summed E-state index contributed by atoms with van der Waals surface area (Å²) in [5.41, 5.74) is 2.62. The second-order valence-electron chi connectivity index (χ2n) is 4.87. The molecule has 0 saturated carbocycles. The summed E-state index contributed by atoms with van der Waals surface area (Å²) in [5, 5.41) is 3.53. The van der Waals surface area contributed by atoms with Crippen LogP contribution in [0.1, 0.15) is 25.8 Å². The predicted molar refractivity (Wildman–Crippen MR) is 65.6 cm³/mol. The Morgan fingerprint density at radius 2 is 1.75 bits per heavy atom. The van der Waals surface area contributed by atoms with Crippen LogP contribution in [0.2, 0.25) is 0 Å². The molecule has 0 bridgehead atoms. The van der Waals surface area contributed by atoms with E-state index in [1.807, 2.05) is 6.07 Å². The number of fused-ring (bicyclic) bond motifs is 1. The van der Waals surface area contributed by atoms with E-state index in [1.54, 1.807) is 14.2 Å². The van der Waals surface area contributed by atoms with Crippen molar-refractivity contribution in [3.05, 3.63) is 17.7 Å². The number of anilines is 1. The Morgan fingerprint density at radius 1 is 1.12 bits per heavy atom. The Morgan fingerprint density at radius 3 is 2.38 bits per heavy atom. The van der Waals surface area contributed by atoms with E-state index in [0.717, 1.165) is 30.0 Å². The van der Waals surface area contributed by atoms with Crippen molar-refractivity contribution in [3.63, 3.8) is 0 Å². The van der Waals surface area contributed by atoms with Gasteiger partial charge in [-0.15, -0.1) is 0 Å². The topological polar surface area (TPSA) is 30.5 Å². The van der Waals surface area contributed by atoms with Gasteiger partial charge in [-0.05, 0) is 38.3 Å². The van der Waals surface area contributed by atoms with Gasteiger partial charge in [0.1, 0.15) is 0 Å². The molecular formula is C13H19NO2. The summed E-state index contributed by atoms with van der Waals surface area (Å²) in [7, 11) is 3.34. The van der Waals surface area contributed by atoms with Gasteiger partial charge in [-0.3, -0.25) is 0 Å². The molecule has 1 N–H and O–H groups in total. The lowest BCUT2D eigenvalue weighted by Crippen LogP contribution is -2.35. The molecule has 3 nitrogen and oxygen atoms in total. The van der Waals surface area contributed by atoms with Gasteiger partial charge in [-0.25, -0.2) is 0 Å². The molecule has 1 aliphatic rings. The molecule has 2 rings (SSSR count). The molecule has 0 aromatic heterocycles. The van der Waals surface area contributed by atoms with Crippen LogP contribution in [0.4, 0.5) is 5.69 Å². The largest absolute Gasteiger partial charge is 0.493 e. The lowest BCUT2D eigenvalue weighted by atomic mass is 9.89. The number of nitrogens with one attached hydrogen (secondary N) is 1. The van der Waals surface area contributed by atoms with Crippen LogP contribution in [0.5, 0.6) is 11.5 Å². The van der Waals surface area contributed by atoms with Gasteiger partial charge < -0.3 is 14.8 Å². The normalized spacial score (nSPS) is 17.2. The quantitative estimate of drug-likeness (QED) is 0.833. The van der Waals surface area contributed by atoms with E-state index in [9.17, 15) is 0 Å². The van der Waals surface area contributed by atoms with E-state index in [2.05, 4.69) is 25.2 Å². The highest BCUT2D eigenvalue weighted by atomic mass is 16.5. The molecule has 0 fully saturated rings. The van der Waals surface area contributed by atoms with Gasteiger partial charge in [0.2, 0.25) is 0 Å². The number of rotatable bonds is 2. The van der Waals surface area contributed by atoms with Crippen LogP contribution in [0.3, 0.4) is 0 Å². The SMILES string of the molecule is COc1cc2c(cc1OC)NC(C)(C)CC2. The number of aryl methyl sites for hydroxylation is 1. The molecule has 0 aliphatic carbocycles. The van der Waals surface area contributed by atoms with Crippen molar-refractivity contribution in [1.29, 1.82) is 0 Å². The van der Waals surface area contributed by atoms with Gasteiger partial charge in [-0.1, -0.05) is 0 Å². The molecule has 0 amide bonds. The lowest BCUT2D eigenvalue weighted by molar-refractivity contribution is 0.354. The monoisotopic (exact) mass is 221 g/mol. The maximum Gasteiger partial charge on any atom is 0.162 e. The first-order valence-corrected chi connectivity index (χ1v) is 5.59. The number of hydrogen-bond acceptors (Lipinski definition) is 3. The highest BCUT2D eigenvalue weighted by Gasteiger charge is 2.25. The van der Waals surface area contributed by atoms with Crippen molar-refractivity contribution in [1.82, 2.24) is 0 Å². The maximum atomic E-state index is 5.31. The third-order valence-electron chi connectivity index (χ3n) is 3.10. The zero-order chi connectivity index (χ0) is 11.8. The first kappa shape index (κ1) is 11.1. The summed E-state index contributed by atoms with van der Waals surface area (Å²) >= 11 is 0. The Kier molecular flexibility index (Phi) is 2.70. The van der Waals surface area contributed by atoms with Crippen molar-refractivity contribution in [3.8, 4) is 11.5 Å². The Balaban J connectivity index is 2.42. The van der Waals surface area contributed by atoms with Crippen molar-refractivity contribution in [2.45, 2.75) is 32.2 Å². The summed E-state index contributed by atoms with van der Waals surface area (Å²) in [6.07, 6.45) is 2.21. The van der Waals surface area contributed by atoms with E-state index in [0.29, 0.717) is 0 Å². The van der Waals surface area contributed by atoms with E-state index >= 15 is 0 Å². The molecule has 0 atom stereocenters. The minimum absolute atomic E-state index is 0.159. The predicted octanol–water partition coefficient (Wildman–Crippen LogP) is 2.84. The third-order valence-corrected chi connectivity index (χ3v) is 3.10. The van der Waals surface area contributed by atoms with Crippen LogP contribution in [0, 0.1) is 0 Å². The third kappa shape index (κ3) is 1.94. The molecule has 1 heterocycles. The Hall–Kier alpha value is -1.38. The number of methoxy groups -OCH3 is 2. The summed E-state index contributed by atoms with van der Waals surface area (Å²) < 4.78 is 10.6. The molecule has 0 spiro atoms. The number of hydrogen-bond donors (Lipinski definition) is 1. The van der Waals surface area contributed by atoms with Crippen LogP contribution in [0.25, 0.3) is 0 Å². The van der Waals surface area contributed by atoms with Crippen molar-refractivity contribution in [2.24, 2.45) is 0 Å². The van der Waals surface area contributed by atoms with Crippen molar-refractivity contribution >= 4 is 5.69 Å². The average molecular weight is 221 g/mol. The highest BCUT2D eigenvalue weighted by molar-refractivity contribution is 5.63. The standard InChI is InChI=1S/C13H19NO2/c1-13(2)6-5-9-7-11(15-3)12(16-4)8-10(9)14-13/h7-8,14H,5-6H2,1-4H3. The highest BCUT2D eigenvalue weighted by Crippen LogP contribution is 2.38. The fourth-order valence-corrected chi connectivity index (χ4v) is 2.12. The van der Waals surface area contributed by atoms with Crippen LogP contribution < -0.4 is 14.8 Å². The molecule has 1 aliphatic heterocycles. The smallest absolute Gasteiger partial charge is 0.162 e. The Labute approximate surface area is 96.8 Å². The van der Waals surface area contributed by atoms with E-state index < -0.39 is 0 Å². The maximum absolute atomic E-state index is 5.31. The van der Waals surface area contributed by atoms with Crippen molar-refractivity contribution in [2.75, 3.05) is 19.5 Å². The summed E-state index contributed by atoms with van der Waals surface area (Å²) in [4.78, 5) is 0. The van der Waals surface area contributed by atoms with Gasteiger partial charge in [0.05, 0.1) is 14.2 Å². The number of benzene rings is 1. The summed E-state index contributed by atoms with van der Waals surface area (Å²) in [5.74, 6) is 1.59. The Bertz CT molecular complexity index is 399. The molecular weight excluding hydrogens is 202 g/mol. The van der Waals surface area contributed by atoms with Crippen LogP contribution in [0.15, 0.2) is 12.1 Å². The molecule has 3 heteroatoms. The van der Waals surface area contributed by atoms with E-state index in [-0.39, 0.29) is 5.54 Å². The second kappa shape index (κ2) is 3.89. The van der Waals surface area contributed by atoms with Gasteiger partial charge in [0.15, 0.2) is 11.5 Å².